The Kier molecular flexibility index (Phi) is 5.50. The second-order valence-corrected chi connectivity index (χ2v) is 12.5. The third-order valence-electron chi connectivity index (χ3n) is 9.17. The fourth-order valence-electron chi connectivity index (χ4n) is 6.80. The van der Waals surface area contributed by atoms with Crippen molar-refractivity contribution in [2.75, 3.05) is 32.6 Å². The van der Waals surface area contributed by atoms with Gasteiger partial charge < -0.3 is 23.8 Å². The van der Waals surface area contributed by atoms with Crippen molar-refractivity contribution in [1.29, 1.82) is 0 Å². The normalized spacial score (nSPS) is 23.4. The lowest BCUT2D eigenvalue weighted by Crippen LogP contribution is -2.26. The Morgan fingerprint density at radius 3 is 2.12 bits per heavy atom. The number of likely N-dealkylation sites (N-methyl/N-ethyl adjacent to an activating group) is 1. The van der Waals surface area contributed by atoms with E-state index >= 15 is 0 Å². The van der Waals surface area contributed by atoms with Gasteiger partial charge in [-0.1, -0.05) is 37.6 Å². The summed E-state index contributed by atoms with van der Waals surface area (Å²) >= 11 is 6.97. The van der Waals surface area contributed by atoms with Crippen molar-refractivity contribution in [3.63, 3.8) is 0 Å². The summed E-state index contributed by atoms with van der Waals surface area (Å²) in [4.78, 5) is 2.25. The molecule has 0 radical (unpaired) electrons. The molecule has 0 bridgehead atoms. The monoisotopic (exact) mass is 557 g/mol. The van der Waals surface area contributed by atoms with E-state index in [-0.39, 0.29) is 24.4 Å². The predicted octanol–water partition coefficient (Wildman–Crippen LogP) is 7.23. The van der Waals surface area contributed by atoms with Gasteiger partial charge in [-0.3, -0.25) is 0 Å². The molecular weight excluding hydrogens is 524 g/mol. The molecule has 5 aliphatic rings. The van der Waals surface area contributed by atoms with Gasteiger partial charge in [0, 0.05) is 46.6 Å². The number of benzene rings is 2. The molecule has 0 N–H and O–H groups in total. The molecule has 0 spiro atoms. The van der Waals surface area contributed by atoms with Crippen molar-refractivity contribution in [3.8, 4) is 23.0 Å². The van der Waals surface area contributed by atoms with E-state index in [0.717, 1.165) is 52.2 Å². The van der Waals surface area contributed by atoms with Crippen LogP contribution in [0.25, 0.3) is 0 Å². The quantitative estimate of drug-likeness (QED) is 0.372. The lowest BCUT2D eigenvalue weighted by molar-refractivity contribution is -0.401. The molecule has 4 aliphatic heterocycles. The van der Waals surface area contributed by atoms with E-state index in [1.165, 1.54) is 33.7 Å². The molecule has 0 saturated heterocycles. The van der Waals surface area contributed by atoms with Gasteiger partial charge in [0.1, 0.15) is 7.05 Å². The molecule has 2 aromatic rings. The summed E-state index contributed by atoms with van der Waals surface area (Å²) in [5.41, 5.74) is 9.23. The summed E-state index contributed by atoms with van der Waals surface area (Å²) in [5, 5.41) is 0.849. The van der Waals surface area contributed by atoms with Crippen molar-refractivity contribution in [2.45, 2.75) is 51.4 Å². The molecule has 0 amide bonds. The van der Waals surface area contributed by atoms with Crippen LogP contribution in [0.3, 0.4) is 0 Å². The minimum absolute atomic E-state index is 0.166. The molecule has 0 fully saturated rings. The Morgan fingerprint density at radius 2 is 1.43 bits per heavy atom. The lowest BCUT2D eigenvalue weighted by Gasteiger charge is -2.23. The Hall–Kier alpha value is -3.64. The van der Waals surface area contributed by atoms with Gasteiger partial charge in [-0.05, 0) is 61.6 Å². The first kappa shape index (κ1) is 25.3. The number of fused-ring (bicyclic) bond motifs is 4. The second kappa shape index (κ2) is 8.68. The Morgan fingerprint density at radius 1 is 0.800 bits per heavy atom. The number of hydrogen-bond donors (Lipinski definition) is 0. The minimum Gasteiger partial charge on any atom is -0.454 e. The first-order chi connectivity index (χ1) is 19.1. The van der Waals surface area contributed by atoms with Gasteiger partial charge in [0.15, 0.2) is 28.7 Å². The fourth-order valence-corrected chi connectivity index (χ4v) is 7.12. The summed E-state index contributed by atoms with van der Waals surface area (Å²) in [6.45, 7) is 9.58. The number of allylic oxidation sites excluding steroid dienone is 8. The number of halogens is 1. The molecule has 6 nitrogen and oxygen atoms in total. The summed E-state index contributed by atoms with van der Waals surface area (Å²) in [5.74, 6) is 3.26. The van der Waals surface area contributed by atoms with Gasteiger partial charge in [0.05, 0.1) is 11.5 Å². The number of hydrogen-bond acceptors (Lipinski definition) is 5. The van der Waals surface area contributed by atoms with Gasteiger partial charge in [-0.15, -0.1) is 0 Å². The highest BCUT2D eigenvalue weighted by molar-refractivity contribution is 6.33. The lowest BCUT2D eigenvalue weighted by atomic mass is 9.81. The van der Waals surface area contributed by atoms with Gasteiger partial charge in [0.2, 0.25) is 19.3 Å². The second-order valence-electron chi connectivity index (χ2n) is 12.1. The minimum atomic E-state index is -0.166. The molecule has 0 saturated carbocycles. The first-order valence-corrected chi connectivity index (χ1v) is 14.2. The maximum absolute atomic E-state index is 6.97. The van der Waals surface area contributed by atoms with E-state index in [1.54, 1.807) is 0 Å². The number of rotatable bonds is 3. The summed E-state index contributed by atoms with van der Waals surface area (Å²) in [6, 6.07) is 8.42. The Bertz CT molecular complexity index is 1640. The van der Waals surface area contributed by atoms with Gasteiger partial charge in [0.25, 0.3) is 0 Å². The van der Waals surface area contributed by atoms with E-state index in [2.05, 4.69) is 99.8 Å². The van der Waals surface area contributed by atoms with Crippen molar-refractivity contribution in [3.05, 3.63) is 81.6 Å². The average Bonchev–Trinajstić information content (AvgIpc) is 3.71. The molecule has 2 aromatic carbocycles. The smallest absolute Gasteiger partial charge is 0.231 e. The number of ether oxygens (including phenoxy) is 4. The third kappa shape index (κ3) is 3.58. The van der Waals surface area contributed by atoms with E-state index in [1.807, 2.05) is 0 Å². The molecular formula is C33H34ClN2O4+. The van der Waals surface area contributed by atoms with E-state index in [0.29, 0.717) is 0 Å². The van der Waals surface area contributed by atoms with Crippen LogP contribution in [0.5, 0.6) is 23.0 Å². The Labute approximate surface area is 240 Å². The van der Waals surface area contributed by atoms with Crippen LogP contribution in [0, 0.1) is 0 Å². The SMILES string of the molecule is CN1C(=CC=C2CCC(C=CC3=[N+](C)c4cc5c(cc4C3(C)C)OCO5)=C2Cl)C(C)(C)c2cc3c(cc21)OCO3. The van der Waals surface area contributed by atoms with Gasteiger partial charge in [-0.2, -0.15) is 4.58 Å². The van der Waals surface area contributed by atoms with Crippen molar-refractivity contribution < 1.29 is 23.5 Å². The Balaban J connectivity index is 1.16. The van der Waals surface area contributed by atoms with Gasteiger partial charge in [-0.25, -0.2) is 0 Å². The average molecular weight is 558 g/mol. The van der Waals surface area contributed by atoms with Crippen LogP contribution in [0.15, 0.2) is 70.4 Å². The summed E-state index contributed by atoms with van der Waals surface area (Å²) < 4.78 is 24.8. The largest absolute Gasteiger partial charge is 0.454 e. The van der Waals surface area contributed by atoms with Gasteiger partial charge >= 0.3 is 0 Å². The summed E-state index contributed by atoms with van der Waals surface area (Å²) in [6.07, 6.45) is 10.7. The van der Waals surface area contributed by atoms with Crippen LogP contribution in [0.4, 0.5) is 11.4 Å². The highest BCUT2D eigenvalue weighted by Gasteiger charge is 2.45. The topological polar surface area (TPSA) is 43.2 Å². The fraction of sp³-hybridized carbons (Fsp3) is 0.364. The molecule has 40 heavy (non-hydrogen) atoms. The molecule has 1 aliphatic carbocycles. The van der Waals surface area contributed by atoms with E-state index in [4.69, 9.17) is 30.5 Å². The molecule has 206 valence electrons. The molecule has 0 atom stereocenters. The zero-order chi connectivity index (χ0) is 28.0. The molecule has 0 unspecified atom stereocenters. The molecule has 4 heterocycles. The van der Waals surface area contributed by atoms with Crippen molar-refractivity contribution in [1.82, 2.24) is 0 Å². The molecule has 7 heteroatoms. The van der Waals surface area contributed by atoms with Crippen molar-refractivity contribution in [2.24, 2.45) is 0 Å². The predicted molar refractivity (Wildman–Crippen MR) is 158 cm³/mol. The number of anilines is 1. The van der Waals surface area contributed by atoms with Crippen LogP contribution < -0.4 is 23.8 Å². The van der Waals surface area contributed by atoms with Crippen molar-refractivity contribution >= 4 is 28.7 Å². The van der Waals surface area contributed by atoms with Crippen LogP contribution in [0.1, 0.15) is 51.7 Å². The standard InChI is InChI=1S/C33H34ClN2O4/c1-32(2)21-13-25-27(39-17-37-25)15-23(21)35(5)29(32)11-9-19-7-8-20(31(19)34)10-12-30-33(3,4)22-14-26-28(40-18-38-26)16-24(22)36(30)6/h9-16H,7-8,17-18H2,1-6H3/q+1. The first-order valence-electron chi connectivity index (χ1n) is 13.8. The van der Waals surface area contributed by atoms with E-state index in [9.17, 15) is 0 Å². The summed E-state index contributed by atoms with van der Waals surface area (Å²) in [7, 11) is 4.23. The van der Waals surface area contributed by atoms with Crippen LogP contribution in [-0.2, 0) is 10.8 Å². The maximum atomic E-state index is 6.97. The molecule has 7 rings (SSSR count). The highest BCUT2D eigenvalue weighted by atomic mass is 35.5. The highest BCUT2D eigenvalue weighted by Crippen LogP contribution is 2.52. The van der Waals surface area contributed by atoms with Crippen LogP contribution in [0.2, 0.25) is 0 Å². The molecule has 0 aromatic heterocycles. The number of nitrogens with zero attached hydrogens (tertiary/aromatic N) is 2. The third-order valence-corrected chi connectivity index (χ3v) is 9.65. The maximum Gasteiger partial charge on any atom is 0.231 e. The van der Waals surface area contributed by atoms with E-state index < -0.39 is 0 Å². The zero-order valence-electron chi connectivity index (χ0n) is 23.9. The van der Waals surface area contributed by atoms with Crippen LogP contribution in [-0.4, -0.2) is 38.0 Å². The van der Waals surface area contributed by atoms with Crippen LogP contribution >= 0.6 is 11.6 Å². The zero-order valence-corrected chi connectivity index (χ0v) is 24.6.